The normalized spacial score (nSPS) is 14.1. The van der Waals surface area contributed by atoms with Crippen molar-refractivity contribution in [3.8, 4) is 11.5 Å². The molecule has 10 N–H and O–H groups in total. The molecule has 0 bridgehead atoms. The van der Waals surface area contributed by atoms with Gasteiger partial charge in [0.25, 0.3) is 23.6 Å². The average Bonchev–Trinajstić information content (AvgIpc) is 1.73. The summed E-state index contributed by atoms with van der Waals surface area (Å²) in [5.74, 6) is -3.37. The molecule has 4 aromatic carbocycles. The molecular weight excluding hydrogens is 1140 g/mol. The molecule has 2 aromatic heterocycles. The number of aryl methyl sites for hydroxylation is 1. The van der Waals surface area contributed by atoms with Crippen LogP contribution in [-0.4, -0.2) is 149 Å². The molecule has 450 valence electrons. The summed E-state index contributed by atoms with van der Waals surface area (Å²) < 4.78 is 16.5. The van der Waals surface area contributed by atoms with Crippen LogP contribution >= 0.6 is 11.6 Å². The van der Waals surface area contributed by atoms with Crippen molar-refractivity contribution < 1.29 is 67.3 Å². The zero-order valence-electron chi connectivity index (χ0n) is 47.2. The minimum Gasteiger partial charge on any atom is -0.508 e. The number of ether oxygens (including phenoxy) is 3. The van der Waals surface area contributed by atoms with Gasteiger partial charge in [-0.05, 0) is 96.3 Å². The number of phenols is 1. The first kappa shape index (κ1) is 61.8. The Morgan fingerprint density at radius 3 is 2.30 bits per heavy atom. The zero-order chi connectivity index (χ0) is 61.8. The molecule has 27 heteroatoms. The van der Waals surface area contributed by atoms with E-state index in [-0.39, 0.29) is 99.5 Å². The summed E-state index contributed by atoms with van der Waals surface area (Å²) in [6, 6.07) is 19.5. The molecule has 6 aromatic rings. The second kappa shape index (κ2) is 27.9. The number of pyridine rings is 1. The second-order valence-corrected chi connectivity index (χ2v) is 20.9. The number of halogens is 1. The molecule has 0 fully saturated rings. The molecule has 3 atom stereocenters. The predicted molar refractivity (Wildman–Crippen MR) is 316 cm³/mol. The van der Waals surface area contributed by atoms with Gasteiger partial charge < -0.3 is 71.7 Å². The highest BCUT2D eigenvalue weighted by molar-refractivity contribution is 6.20. The number of nitrogens with two attached hydrogens (primary N) is 1. The maximum absolute atomic E-state index is 14.4. The second-order valence-electron chi connectivity index (χ2n) is 20.5. The van der Waals surface area contributed by atoms with E-state index in [1.165, 1.54) is 42.4 Å². The number of benzene rings is 4. The van der Waals surface area contributed by atoms with E-state index < -0.39 is 71.8 Å². The van der Waals surface area contributed by atoms with Crippen molar-refractivity contribution in [2.45, 2.75) is 58.2 Å². The number of imide groups is 1. The van der Waals surface area contributed by atoms with Crippen LogP contribution in [0.15, 0.2) is 103 Å². The first-order valence-corrected chi connectivity index (χ1v) is 27.8. The number of alkyl halides is 1. The molecule has 0 unspecified atom stereocenters. The highest BCUT2D eigenvalue weighted by atomic mass is 35.5. The van der Waals surface area contributed by atoms with Crippen LogP contribution in [0, 0.1) is 12.8 Å². The molecule has 2 aliphatic heterocycles. The fourth-order valence-corrected chi connectivity index (χ4v) is 9.86. The molecule has 0 spiro atoms. The van der Waals surface area contributed by atoms with E-state index in [0.717, 1.165) is 33.6 Å². The number of hydrogen-bond acceptors (Lipinski definition) is 15. The lowest BCUT2D eigenvalue weighted by molar-refractivity contribution is -0.137. The van der Waals surface area contributed by atoms with Gasteiger partial charge >= 0.3 is 24.3 Å². The third kappa shape index (κ3) is 15.3. The van der Waals surface area contributed by atoms with Crippen molar-refractivity contribution in [2.75, 3.05) is 67.8 Å². The number of phenolic OH excluding ortho intramolecular Hbond substituents is 1. The van der Waals surface area contributed by atoms with Gasteiger partial charge in [-0.25, -0.2) is 24.2 Å². The number of primary amides is 1. The Labute approximate surface area is 497 Å². The van der Waals surface area contributed by atoms with Crippen LogP contribution in [0.5, 0.6) is 11.5 Å². The molecule has 0 radical (unpaired) electrons. The van der Waals surface area contributed by atoms with Gasteiger partial charge in [-0.2, -0.15) is 0 Å². The minimum absolute atomic E-state index is 0.0204. The zero-order valence-corrected chi connectivity index (χ0v) is 47.9. The van der Waals surface area contributed by atoms with Gasteiger partial charge in [0, 0.05) is 85.3 Å². The van der Waals surface area contributed by atoms with Gasteiger partial charge in [0.05, 0.1) is 23.9 Å². The first-order chi connectivity index (χ1) is 41.2. The van der Waals surface area contributed by atoms with E-state index in [4.69, 9.17) is 31.5 Å². The third-order valence-electron chi connectivity index (χ3n) is 14.1. The number of carbonyl (C=O) groups is 10. The van der Waals surface area contributed by atoms with E-state index in [9.17, 15) is 53.1 Å². The fourth-order valence-electron chi connectivity index (χ4n) is 9.60. The molecule has 0 saturated carbocycles. The van der Waals surface area contributed by atoms with Crippen molar-refractivity contribution in [2.24, 2.45) is 11.7 Å². The standard InChI is InChI=1S/C59H63ClN12O14/c1-32(2)51(69-58(82)84-24-23-71-47(74)18-19-48(71)75)54(78)67-41(9-6-20-62-56(61)80)53(77)65-38-14-10-34(11-15-38)31-85-59(83)70(4)22-21-63-57(81)86-45-27-44-50(49-33(3)7-5-8-40(45)49)37(28-60)30-72(44)55(79)42-25-36-26-46(64-29-43(36)66-42)68-52(76)35-12-16-39(73)17-13-35/h5,7-8,10-19,25-27,29,32,37,41,51,66,73H,6,9,20-24,28,30-31H2,1-4H3,(H,63,81)(H,65,77)(H,67,78)(H,69,82)(H3,61,62,80)(H,64,68,76)/t37-,41+,51+/m1/s1. The number of likely N-dealkylation sites (N-methyl/N-ethyl adjacent to an activating group) is 1. The molecular formula is C59H63ClN12O14. The number of aromatic amines is 1. The number of amides is 11. The summed E-state index contributed by atoms with van der Waals surface area (Å²) in [6.45, 7) is 4.86. The fraction of sp³-hybridized carbons (Fsp3) is 0.305. The van der Waals surface area contributed by atoms with E-state index in [0.29, 0.717) is 38.8 Å². The Morgan fingerprint density at radius 2 is 1.60 bits per heavy atom. The summed E-state index contributed by atoms with van der Waals surface area (Å²) in [5.41, 5.74) is 9.36. The molecule has 0 aliphatic carbocycles. The smallest absolute Gasteiger partial charge is 0.412 e. The van der Waals surface area contributed by atoms with Crippen LogP contribution < -0.4 is 47.3 Å². The maximum atomic E-state index is 14.4. The number of rotatable bonds is 23. The Balaban J connectivity index is 0.831. The number of alkyl carbamates (subject to hydrolysis) is 1. The molecule has 11 amide bonds. The average molecular weight is 1200 g/mol. The van der Waals surface area contributed by atoms with Gasteiger partial charge in [-0.1, -0.05) is 44.2 Å². The Bertz CT molecular complexity index is 3610. The minimum atomic E-state index is -1.17. The highest BCUT2D eigenvalue weighted by Crippen LogP contribution is 2.47. The number of aromatic nitrogens is 2. The molecule has 4 heterocycles. The van der Waals surface area contributed by atoms with E-state index in [1.807, 2.05) is 25.1 Å². The molecule has 0 saturated heterocycles. The summed E-state index contributed by atoms with van der Waals surface area (Å²) in [4.78, 5) is 140. The van der Waals surface area contributed by atoms with E-state index in [1.54, 1.807) is 61.2 Å². The number of fused-ring (bicyclic) bond motifs is 4. The van der Waals surface area contributed by atoms with Gasteiger partial charge in [-0.3, -0.25) is 33.7 Å². The lowest BCUT2D eigenvalue weighted by Crippen LogP contribution is -2.54. The number of anilines is 3. The first-order valence-electron chi connectivity index (χ1n) is 27.2. The summed E-state index contributed by atoms with van der Waals surface area (Å²) in [5, 5.41) is 27.3. The molecule has 86 heavy (non-hydrogen) atoms. The Morgan fingerprint density at radius 1 is 0.872 bits per heavy atom. The third-order valence-corrected chi connectivity index (χ3v) is 14.5. The topological polar surface area (TPSA) is 355 Å². The van der Waals surface area contributed by atoms with Crippen molar-refractivity contribution in [1.29, 1.82) is 0 Å². The monoisotopic (exact) mass is 1200 g/mol. The lowest BCUT2D eigenvalue weighted by Gasteiger charge is -2.25. The van der Waals surface area contributed by atoms with Crippen LogP contribution in [0.4, 0.5) is 36.4 Å². The van der Waals surface area contributed by atoms with Gasteiger partial charge in [0.1, 0.15) is 48.3 Å². The van der Waals surface area contributed by atoms with Crippen molar-refractivity contribution >= 4 is 110 Å². The largest absolute Gasteiger partial charge is 0.508 e. The van der Waals surface area contributed by atoms with E-state index in [2.05, 4.69) is 41.9 Å². The predicted octanol–water partition coefficient (Wildman–Crippen LogP) is 5.87. The maximum Gasteiger partial charge on any atom is 0.412 e. The Kier molecular flexibility index (Phi) is 20.0. The number of carbonyl (C=O) groups excluding carboxylic acids is 10. The SMILES string of the molecule is Cc1cccc2c(OC(=O)NCCN(C)C(=O)OCc3ccc(NC(=O)[C@H](CCCNC(N)=O)NC(=O)[C@@H](NC(=O)OCCN4C(=O)C=CC4=O)C(C)C)cc3)cc3c(c12)[C@H](CCl)CN3C(=O)c1cc2cc(NC(=O)c3ccc(O)cc3)ncc2[nH]1. The van der Waals surface area contributed by atoms with Gasteiger partial charge in [-0.15, -0.1) is 11.6 Å². The van der Waals surface area contributed by atoms with E-state index >= 15 is 0 Å². The quantitative estimate of drug-likeness (QED) is 0.0206. The van der Waals surface area contributed by atoms with Crippen LogP contribution in [0.25, 0.3) is 21.7 Å². The van der Waals surface area contributed by atoms with Gasteiger partial charge in [0.15, 0.2) is 0 Å². The number of urea groups is 1. The van der Waals surface area contributed by atoms with Crippen molar-refractivity contribution in [3.05, 3.63) is 131 Å². The van der Waals surface area contributed by atoms with Crippen molar-refractivity contribution in [1.82, 2.24) is 41.0 Å². The Hall–Kier alpha value is -10.2. The van der Waals surface area contributed by atoms with Crippen molar-refractivity contribution in [3.63, 3.8) is 0 Å². The van der Waals surface area contributed by atoms with Gasteiger partial charge in [0.2, 0.25) is 11.8 Å². The number of hydrogen-bond donors (Lipinski definition) is 9. The molecule has 26 nitrogen and oxygen atoms in total. The van der Waals surface area contributed by atoms with Crippen LogP contribution in [0.3, 0.4) is 0 Å². The van der Waals surface area contributed by atoms with Crippen LogP contribution in [0.1, 0.15) is 70.1 Å². The van der Waals surface area contributed by atoms with Crippen LogP contribution in [-0.2, 0) is 35.3 Å². The number of aromatic hydroxyl groups is 1. The van der Waals surface area contributed by atoms with Crippen LogP contribution in [0.2, 0.25) is 0 Å². The lowest BCUT2D eigenvalue weighted by atomic mass is 9.92. The summed E-state index contributed by atoms with van der Waals surface area (Å²) in [6.07, 6.45) is 1.44. The molecule has 8 rings (SSSR count). The number of H-pyrrole nitrogens is 1. The number of nitrogens with one attached hydrogen (secondary N) is 7. The number of nitrogens with zero attached hydrogens (tertiary/aromatic N) is 4. The summed E-state index contributed by atoms with van der Waals surface area (Å²) >= 11 is 6.58. The summed E-state index contributed by atoms with van der Waals surface area (Å²) in [7, 11) is 1.48. The molecule has 2 aliphatic rings. The highest BCUT2D eigenvalue weighted by Gasteiger charge is 2.37.